The van der Waals surface area contributed by atoms with Crippen LogP contribution in [0.15, 0.2) is 30.3 Å². The van der Waals surface area contributed by atoms with Crippen molar-refractivity contribution >= 4 is 11.9 Å². The topological polar surface area (TPSA) is 77.8 Å². The number of aliphatic hydroxyl groups is 1. The number of carboxylic acid groups (broad SMARTS) is 1. The first-order valence-electron chi connectivity index (χ1n) is 8.30. The Balaban J connectivity index is 2.43. The number of hydrogen-bond acceptors (Lipinski definition) is 3. The number of carboxylic acids is 1. The van der Waals surface area contributed by atoms with Gasteiger partial charge in [-0.15, -0.1) is 0 Å². The summed E-state index contributed by atoms with van der Waals surface area (Å²) >= 11 is 0. The number of aliphatic carboxylic acids is 1. The van der Waals surface area contributed by atoms with E-state index in [1.54, 1.807) is 32.6 Å². The molecule has 2 rings (SSSR count). The summed E-state index contributed by atoms with van der Waals surface area (Å²) in [5.74, 6) is -2.12. The summed E-state index contributed by atoms with van der Waals surface area (Å²) < 4.78 is 0. The van der Waals surface area contributed by atoms with Crippen molar-refractivity contribution < 1.29 is 19.8 Å². The van der Waals surface area contributed by atoms with Gasteiger partial charge in [0.25, 0.3) is 0 Å². The third-order valence-corrected chi connectivity index (χ3v) is 5.31. The largest absolute Gasteiger partial charge is 0.481 e. The Labute approximate surface area is 143 Å². The van der Waals surface area contributed by atoms with Gasteiger partial charge in [-0.05, 0) is 17.9 Å². The molecule has 2 N–H and O–H groups in total. The summed E-state index contributed by atoms with van der Waals surface area (Å²) in [6.07, 6.45) is -1.13. The van der Waals surface area contributed by atoms with Crippen LogP contribution in [-0.2, 0) is 9.59 Å². The minimum atomic E-state index is -1.50. The van der Waals surface area contributed by atoms with Crippen molar-refractivity contribution in [3.05, 3.63) is 35.9 Å². The maximum absolute atomic E-state index is 12.8. The lowest BCUT2D eigenvalue weighted by atomic mass is 9.66. The SMILES string of the molecule is CC1C(=O)N([C@H](C)c2ccccc2)C[C@]1(C(=O)O)C(O)C(C)(C)C. The molecule has 5 nitrogen and oxygen atoms in total. The van der Waals surface area contributed by atoms with E-state index in [0.717, 1.165) is 5.56 Å². The molecule has 0 saturated carbocycles. The zero-order valence-electron chi connectivity index (χ0n) is 15.0. The number of carbonyl (C=O) groups is 2. The second-order valence-electron chi connectivity index (χ2n) is 7.89. The quantitative estimate of drug-likeness (QED) is 0.888. The first kappa shape index (κ1) is 18.5. The van der Waals surface area contributed by atoms with Gasteiger partial charge in [-0.3, -0.25) is 9.59 Å². The van der Waals surface area contributed by atoms with Crippen molar-refractivity contribution in [1.82, 2.24) is 4.90 Å². The van der Waals surface area contributed by atoms with Crippen molar-refractivity contribution in [1.29, 1.82) is 0 Å². The monoisotopic (exact) mass is 333 g/mol. The third-order valence-electron chi connectivity index (χ3n) is 5.31. The van der Waals surface area contributed by atoms with E-state index in [9.17, 15) is 19.8 Å². The summed E-state index contributed by atoms with van der Waals surface area (Å²) in [6, 6.07) is 9.28. The van der Waals surface area contributed by atoms with Gasteiger partial charge in [0, 0.05) is 6.54 Å². The minimum Gasteiger partial charge on any atom is -0.481 e. The number of carbonyl (C=O) groups excluding carboxylic acids is 1. The number of hydrogen-bond donors (Lipinski definition) is 2. The lowest BCUT2D eigenvalue weighted by Gasteiger charge is -2.40. The Hall–Kier alpha value is -1.88. The summed E-state index contributed by atoms with van der Waals surface area (Å²) in [5.41, 5.74) is -1.19. The fourth-order valence-electron chi connectivity index (χ4n) is 3.67. The van der Waals surface area contributed by atoms with Crippen LogP contribution < -0.4 is 0 Å². The van der Waals surface area contributed by atoms with Gasteiger partial charge in [-0.25, -0.2) is 0 Å². The lowest BCUT2D eigenvalue weighted by molar-refractivity contribution is -0.166. The van der Waals surface area contributed by atoms with Crippen molar-refractivity contribution in [3.63, 3.8) is 0 Å². The average molecular weight is 333 g/mol. The van der Waals surface area contributed by atoms with E-state index < -0.39 is 28.8 Å². The Bertz CT molecular complexity index is 622. The number of rotatable bonds is 4. The highest BCUT2D eigenvalue weighted by Crippen LogP contribution is 2.47. The first-order valence-corrected chi connectivity index (χ1v) is 8.30. The van der Waals surface area contributed by atoms with Crippen molar-refractivity contribution in [2.45, 2.75) is 46.8 Å². The normalized spacial score (nSPS) is 27.2. The molecule has 1 heterocycles. The van der Waals surface area contributed by atoms with Gasteiger partial charge in [0.2, 0.25) is 5.91 Å². The van der Waals surface area contributed by atoms with Crippen LogP contribution in [0, 0.1) is 16.7 Å². The molecule has 0 spiro atoms. The Morgan fingerprint density at radius 1 is 1.29 bits per heavy atom. The minimum absolute atomic E-state index is 0.0107. The number of likely N-dealkylation sites (tertiary alicyclic amines) is 1. The third kappa shape index (κ3) is 2.81. The van der Waals surface area contributed by atoms with Crippen LogP contribution in [0.4, 0.5) is 0 Å². The molecule has 0 aliphatic carbocycles. The Kier molecular flexibility index (Phi) is 4.77. The second-order valence-corrected chi connectivity index (χ2v) is 7.89. The van der Waals surface area contributed by atoms with Gasteiger partial charge in [0.1, 0.15) is 5.41 Å². The van der Waals surface area contributed by atoms with Crippen LogP contribution in [0.1, 0.15) is 46.2 Å². The molecular weight excluding hydrogens is 306 g/mol. The van der Waals surface area contributed by atoms with E-state index in [4.69, 9.17) is 0 Å². The molecule has 5 heteroatoms. The molecule has 1 aromatic carbocycles. The zero-order chi connectivity index (χ0) is 18.3. The van der Waals surface area contributed by atoms with Gasteiger partial charge in [0.15, 0.2) is 0 Å². The van der Waals surface area contributed by atoms with Crippen LogP contribution >= 0.6 is 0 Å². The second kappa shape index (κ2) is 6.20. The molecule has 0 aromatic heterocycles. The standard InChI is InChI=1S/C19H27NO4/c1-12-15(21)20(13(2)14-9-7-6-8-10-14)11-19(12,17(23)24)16(22)18(3,4)5/h6-10,12-13,16,22H,11H2,1-5H3,(H,23,24)/t12?,13-,16?,19-/m1/s1. The zero-order valence-corrected chi connectivity index (χ0v) is 15.0. The van der Waals surface area contributed by atoms with E-state index in [0.29, 0.717) is 0 Å². The molecule has 132 valence electrons. The summed E-state index contributed by atoms with van der Waals surface area (Å²) in [4.78, 5) is 26.5. The molecule has 1 aliphatic rings. The van der Waals surface area contributed by atoms with Crippen molar-refractivity contribution in [2.75, 3.05) is 6.54 Å². The maximum atomic E-state index is 12.8. The molecule has 1 aromatic rings. The molecule has 0 radical (unpaired) electrons. The van der Waals surface area contributed by atoms with Crippen LogP contribution in [0.2, 0.25) is 0 Å². The molecule has 1 fully saturated rings. The molecule has 1 amide bonds. The Morgan fingerprint density at radius 3 is 2.29 bits per heavy atom. The molecule has 2 unspecified atom stereocenters. The molecule has 1 aliphatic heterocycles. The van der Waals surface area contributed by atoms with Crippen LogP contribution in [0.25, 0.3) is 0 Å². The highest BCUT2D eigenvalue weighted by Gasteiger charge is 2.62. The van der Waals surface area contributed by atoms with Crippen LogP contribution in [0.3, 0.4) is 0 Å². The molecular formula is C19H27NO4. The number of nitrogens with zero attached hydrogens (tertiary/aromatic N) is 1. The number of aliphatic hydroxyl groups excluding tert-OH is 1. The fourth-order valence-corrected chi connectivity index (χ4v) is 3.67. The number of amides is 1. The summed E-state index contributed by atoms with van der Waals surface area (Å²) in [5, 5.41) is 20.7. The van der Waals surface area contributed by atoms with Gasteiger partial charge in [-0.1, -0.05) is 58.0 Å². The highest BCUT2D eigenvalue weighted by molar-refractivity contribution is 5.91. The Morgan fingerprint density at radius 2 is 1.83 bits per heavy atom. The predicted octanol–water partition coefficient (Wildman–Crippen LogP) is 2.70. The summed E-state index contributed by atoms with van der Waals surface area (Å²) in [7, 11) is 0. The molecule has 1 saturated heterocycles. The highest BCUT2D eigenvalue weighted by atomic mass is 16.4. The van der Waals surface area contributed by atoms with Gasteiger partial charge in [-0.2, -0.15) is 0 Å². The maximum Gasteiger partial charge on any atom is 0.314 e. The molecule has 24 heavy (non-hydrogen) atoms. The van der Waals surface area contributed by atoms with Crippen LogP contribution in [0.5, 0.6) is 0 Å². The van der Waals surface area contributed by atoms with E-state index in [-0.39, 0.29) is 18.5 Å². The number of benzene rings is 1. The smallest absolute Gasteiger partial charge is 0.314 e. The molecule has 0 bridgehead atoms. The lowest BCUT2D eigenvalue weighted by Crippen LogP contribution is -2.53. The van der Waals surface area contributed by atoms with Crippen molar-refractivity contribution in [3.8, 4) is 0 Å². The van der Waals surface area contributed by atoms with Gasteiger partial charge in [0.05, 0.1) is 18.1 Å². The van der Waals surface area contributed by atoms with Gasteiger partial charge < -0.3 is 15.1 Å². The van der Waals surface area contributed by atoms with Crippen LogP contribution in [-0.4, -0.2) is 39.6 Å². The molecule has 4 atom stereocenters. The summed E-state index contributed by atoms with van der Waals surface area (Å²) in [6.45, 7) is 8.90. The van der Waals surface area contributed by atoms with E-state index in [2.05, 4.69) is 0 Å². The average Bonchev–Trinajstić information content (AvgIpc) is 2.79. The first-order chi connectivity index (χ1) is 11.0. The van der Waals surface area contributed by atoms with E-state index in [1.807, 2.05) is 37.3 Å². The van der Waals surface area contributed by atoms with E-state index in [1.165, 1.54) is 0 Å². The van der Waals surface area contributed by atoms with E-state index >= 15 is 0 Å². The van der Waals surface area contributed by atoms with Gasteiger partial charge >= 0.3 is 5.97 Å². The predicted molar refractivity (Wildman–Crippen MR) is 91.3 cm³/mol. The fraction of sp³-hybridized carbons (Fsp3) is 0.579. The van der Waals surface area contributed by atoms with Crippen molar-refractivity contribution in [2.24, 2.45) is 16.7 Å².